The van der Waals surface area contributed by atoms with Crippen molar-refractivity contribution >= 4 is 44.7 Å². The van der Waals surface area contributed by atoms with Crippen molar-refractivity contribution in [3.8, 4) is 5.75 Å². The van der Waals surface area contributed by atoms with Gasteiger partial charge in [-0.3, -0.25) is 4.79 Å². The zero-order valence-electron chi connectivity index (χ0n) is 14.3. The number of nitrogens with zero attached hydrogens (tertiary/aromatic N) is 1. The van der Waals surface area contributed by atoms with Gasteiger partial charge < -0.3 is 14.4 Å². The van der Waals surface area contributed by atoms with Crippen molar-refractivity contribution in [3.05, 3.63) is 57.7 Å². The van der Waals surface area contributed by atoms with E-state index >= 15 is 0 Å². The summed E-state index contributed by atoms with van der Waals surface area (Å²) in [5, 5.41) is 3.48. The molecule has 144 valence electrons. The highest BCUT2D eigenvalue weighted by molar-refractivity contribution is 14.1. The summed E-state index contributed by atoms with van der Waals surface area (Å²) in [6.45, 7) is 1.15. The number of rotatable bonds is 5. The minimum Gasteiger partial charge on any atom is -0.382 e. The molecule has 0 radical (unpaired) electrons. The molecule has 6 nitrogen and oxygen atoms in total. The summed E-state index contributed by atoms with van der Waals surface area (Å²) in [5.74, 6) is -0.456. The molecule has 1 aliphatic rings. The number of nitrogens with one attached hydrogen (secondary N) is 1. The van der Waals surface area contributed by atoms with Crippen LogP contribution in [-0.4, -0.2) is 38.4 Å². The van der Waals surface area contributed by atoms with Gasteiger partial charge in [0.2, 0.25) is 0 Å². The first-order valence-corrected chi connectivity index (χ1v) is 10.7. The van der Waals surface area contributed by atoms with Crippen molar-refractivity contribution < 1.29 is 21.3 Å². The number of anilines is 1. The van der Waals surface area contributed by atoms with Gasteiger partial charge in [-0.1, -0.05) is 16.0 Å². The average Bonchev–Trinajstić information content (AvgIpc) is 2.61. The van der Waals surface area contributed by atoms with Gasteiger partial charge in [-0.2, -0.15) is 8.42 Å². The van der Waals surface area contributed by atoms with E-state index < -0.39 is 10.5 Å². The van der Waals surface area contributed by atoms with E-state index in [2.05, 4.69) is 38.2 Å². The Morgan fingerprint density at radius 3 is 2.52 bits per heavy atom. The molecule has 2 aromatic rings. The largest absolute Gasteiger partial charge is 0.488 e. The summed E-state index contributed by atoms with van der Waals surface area (Å²) >= 11 is 2.26. The number of benzene rings is 2. The van der Waals surface area contributed by atoms with Gasteiger partial charge in [0.25, 0.3) is 5.91 Å². The van der Waals surface area contributed by atoms with Crippen LogP contribution in [0.15, 0.2) is 48.5 Å². The molecule has 0 bridgehead atoms. The molecule has 27 heavy (non-hydrogen) atoms. The Morgan fingerprint density at radius 1 is 1.15 bits per heavy atom. The zero-order chi connectivity index (χ0) is 19.4. The maximum absolute atomic E-state index is 12.7. The van der Waals surface area contributed by atoms with Crippen LogP contribution in [0.3, 0.4) is 0 Å². The first kappa shape index (κ1) is 19.9. The van der Waals surface area contributed by atoms with Crippen LogP contribution in [0.5, 0.6) is 5.75 Å². The molecule has 0 aromatic heterocycles. The van der Waals surface area contributed by atoms with Crippen molar-refractivity contribution in [1.82, 2.24) is 4.90 Å². The van der Waals surface area contributed by atoms with E-state index in [1.807, 2.05) is 18.2 Å². The Hall–Kier alpha value is -1.88. The second kappa shape index (κ2) is 8.42. The van der Waals surface area contributed by atoms with Gasteiger partial charge in [0, 0.05) is 34.0 Å². The number of likely N-dealkylation sites (tertiary alicyclic amines) is 1. The van der Waals surface area contributed by atoms with Crippen LogP contribution in [0.2, 0.25) is 0 Å². The molecule has 1 saturated heterocycles. The number of carbonyl (C=O) groups is 1. The minimum absolute atomic E-state index is 0.224. The van der Waals surface area contributed by atoms with E-state index in [1.165, 1.54) is 18.2 Å². The molecule has 1 heterocycles. The summed E-state index contributed by atoms with van der Waals surface area (Å²) in [4.78, 5) is 14.3. The third-order valence-corrected chi connectivity index (χ3v) is 5.32. The highest BCUT2D eigenvalue weighted by atomic mass is 127. The quantitative estimate of drug-likeness (QED) is 0.498. The van der Waals surface area contributed by atoms with Crippen LogP contribution in [-0.2, 0) is 10.5 Å². The topological polar surface area (TPSA) is 75.7 Å². The lowest BCUT2D eigenvalue weighted by Gasteiger charge is -2.33. The van der Waals surface area contributed by atoms with Crippen LogP contribution < -0.4 is 9.50 Å². The Bertz CT molecular complexity index is 930. The first-order valence-electron chi connectivity index (χ1n) is 8.36. The third-order valence-electron chi connectivity index (χ3n) is 4.25. The Labute approximate surface area is 171 Å². The number of amides is 1. The van der Waals surface area contributed by atoms with Crippen LogP contribution in [0.4, 0.5) is 9.57 Å². The lowest BCUT2D eigenvalue weighted by Crippen LogP contribution is -2.42. The van der Waals surface area contributed by atoms with Crippen LogP contribution in [0.1, 0.15) is 23.2 Å². The molecule has 1 N–H and O–H groups in total. The van der Waals surface area contributed by atoms with Gasteiger partial charge in [0.1, 0.15) is 5.75 Å². The fraction of sp³-hybridized carbons (Fsp3) is 0.278. The van der Waals surface area contributed by atoms with Crippen LogP contribution >= 0.6 is 22.6 Å². The van der Waals surface area contributed by atoms with Gasteiger partial charge in [-0.05, 0) is 71.8 Å². The molecule has 1 amide bonds. The van der Waals surface area contributed by atoms with E-state index in [4.69, 9.17) is 0 Å². The second-order valence-corrected chi connectivity index (χ2v) is 8.42. The lowest BCUT2D eigenvalue weighted by atomic mass is 10.0. The maximum Gasteiger partial charge on any atom is 0.488 e. The van der Waals surface area contributed by atoms with Crippen LogP contribution in [0.25, 0.3) is 0 Å². The molecule has 0 spiro atoms. The first-order chi connectivity index (χ1) is 12.8. The van der Waals surface area contributed by atoms with Gasteiger partial charge >= 0.3 is 10.5 Å². The van der Waals surface area contributed by atoms with E-state index in [9.17, 15) is 17.1 Å². The van der Waals surface area contributed by atoms with Crippen molar-refractivity contribution in [1.29, 1.82) is 0 Å². The van der Waals surface area contributed by atoms with E-state index in [0.29, 0.717) is 13.1 Å². The molecule has 1 aliphatic heterocycles. The van der Waals surface area contributed by atoms with Gasteiger partial charge in [0.15, 0.2) is 0 Å². The molecule has 9 heteroatoms. The number of carbonyl (C=O) groups excluding carboxylic acids is 1. The van der Waals surface area contributed by atoms with Crippen molar-refractivity contribution in [3.63, 3.8) is 0 Å². The van der Waals surface area contributed by atoms with Crippen LogP contribution in [0, 0.1) is 3.57 Å². The SMILES string of the molecule is O=C(c1cccc(OS(=O)(=O)F)c1)N1CCC(Nc2cccc(I)c2)CC1. The predicted molar refractivity (Wildman–Crippen MR) is 109 cm³/mol. The van der Waals surface area contributed by atoms with Gasteiger partial charge in [-0.25, -0.2) is 0 Å². The molecule has 2 aromatic carbocycles. The Kier molecular flexibility index (Phi) is 6.20. The number of hydrogen-bond donors (Lipinski definition) is 1. The average molecular weight is 504 g/mol. The maximum atomic E-state index is 12.7. The number of halogens is 2. The van der Waals surface area contributed by atoms with Crippen molar-refractivity contribution in [2.45, 2.75) is 18.9 Å². The number of piperidine rings is 1. The minimum atomic E-state index is -5.12. The van der Waals surface area contributed by atoms with E-state index in [0.717, 1.165) is 22.1 Å². The summed E-state index contributed by atoms with van der Waals surface area (Å²) in [6, 6.07) is 13.9. The normalized spacial score (nSPS) is 15.4. The molecule has 0 aliphatic carbocycles. The second-order valence-electron chi connectivity index (χ2n) is 6.23. The predicted octanol–water partition coefficient (Wildman–Crippen LogP) is 3.60. The summed E-state index contributed by atoms with van der Waals surface area (Å²) in [7, 11) is -5.12. The Morgan fingerprint density at radius 2 is 1.85 bits per heavy atom. The van der Waals surface area contributed by atoms with Crippen molar-refractivity contribution in [2.75, 3.05) is 18.4 Å². The molecule has 0 unspecified atom stereocenters. The van der Waals surface area contributed by atoms with Crippen molar-refractivity contribution in [2.24, 2.45) is 0 Å². The Balaban J connectivity index is 1.59. The molecular formula is C18H18FIN2O4S. The standard InChI is InChI=1S/C18H18FIN2O4S/c19-27(24,25)26-17-6-1-3-13(11-17)18(23)22-9-7-15(8-10-22)21-16-5-2-4-14(20)12-16/h1-6,11-12,15,21H,7-10H2. The highest BCUT2D eigenvalue weighted by Crippen LogP contribution is 2.22. The van der Waals surface area contributed by atoms with Gasteiger partial charge in [-0.15, -0.1) is 0 Å². The molecule has 3 rings (SSSR count). The highest BCUT2D eigenvalue weighted by Gasteiger charge is 2.24. The molecular weight excluding hydrogens is 486 g/mol. The summed E-state index contributed by atoms with van der Waals surface area (Å²) < 4.78 is 39.2. The molecule has 0 saturated carbocycles. The van der Waals surface area contributed by atoms with Gasteiger partial charge in [0.05, 0.1) is 0 Å². The third kappa shape index (κ3) is 5.80. The molecule has 0 atom stereocenters. The molecule has 1 fully saturated rings. The fourth-order valence-corrected chi connectivity index (χ4v) is 3.90. The summed E-state index contributed by atoms with van der Waals surface area (Å²) in [6.07, 6.45) is 1.60. The lowest BCUT2D eigenvalue weighted by molar-refractivity contribution is 0.0718. The number of hydrogen-bond acceptors (Lipinski definition) is 5. The zero-order valence-corrected chi connectivity index (χ0v) is 17.2. The van der Waals surface area contributed by atoms with E-state index in [1.54, 1.807) is 11.0 Å². The summed E-state index contributed by atoms with van der Waals surface area (Å²) in [5.41, 5.74) is 1.32. The monoisotopic (exact) mass is 504 g/mol. The fourth-order valence-electron chi connectivity index (χ4n) is 3.02. The van der Waals surface area contributed by atoms with E-state index in [-0.39, 0.29) is 23.3 Å². The smallest absolute Gasteiger partial charge is 0.382 e.